The lowest BCUT2D eigenvalue weighted by Gasteiger charge is -2.10. The maximum atomic E-state index is 12.1. The smallest absolute Gasteiger partial charge is 0.268 e. The number of sulfone groups is 1. The molecule has 13 heavy (non-hydrogen) atoms. The van der Waals surface area contributed by atoms with E-state index in [4.69, 9.17) is 0 Å². The van der Waals surface area contributed by atoms with E-state index in [1.54, 1.807) is 0 Å². The number of rotatable bonds is 6. The van der Waals surface area contributed by atoms with Crippen molar-refractivity contribution in [3.05, 3.63) is 0 Å². The van der Waals surface area contributed by atoms with Gasteiger partial charge in [-0.3, -0.25) is 0 Å². The average Bonchev–Trinajstić information content (AvgIpc) is 1.97. The standard InChI is InChI=1S/C7H14F2O3S/c1-3-13(10,11)5-4-12-6-7(2,8)9/h3-6H2,1-2H3. The van der Waals surface area contributed by atoms with Crippen molar-refractivity contribution in [2.45, 2.75) is 19.8 Å². The van der Waals surface area contributed by atoms with Gasteiger partial charge in [-0.1, -0.05) is 6.92 Å². The van der Waals surface area contributed by atoms with Crippen LogP contribution in [0.15, 0.2) is 0 Å². The van der Waals surface area contributed by atoms with Crippen molar-refractivity contribution in [2.24, 2.45) is 0 Å². The van der Waals surface area contributed by atoms with Crippen LogP contribution in [0, 0.1) is 0 Å². The zero-order chi connectivity index (χ0) is 10.5. The lowest BCUT2D eigenvalue weighted by atomic mass is 10.4. The quantitative estimate of drug-likeness (QED) is 0.624. The van der Waals surface area contributed by atoms with Crippen LogP contribution in [0.5, 0.6) is 0 Å². The molecule has 6 heteroatoms. The molecule has 0 amide bonds. The Morgan fingerprint density at radius 1 is 1.38 bits per heavy atom. The zero-order valence-electron chi connectivity index (χ0n) is 7.72. The second-order valence-corrected chi connectivity index (χ2v) is 5.33. The van der Waals surface area contributed by atoms with Crippen LogP contribution in [0.2, 0.25) is 0 Å². The van der Waals surface area contributed by atoms with Gasteiger partial charge < -0.3 is 4.74 Å². The molecule has 0 aromatic carbocycles. The highest BCUT2D eigenvalue weighted by Crippen LogP contribution is 2.11. The molecule has 0 saturated heterocycles. The third-order valence-electron chi connectivity index (χ3n) is 1.33. The minimum atomic E-state index is -3.11. The van der Waals surface area contributed by atoms with Gasteiger partial charge in [-0.2, -0.15) is 0 Å². The second kappa shape index (κ2) is 4.85. The zero-order valence-corrected chi connectivity index (χ0v) is 8.53. The summed E-state index contributed by atoms with van der Waals surface area (Å²) in [6, 6.07) is 0. The summed E-state index contributed by atoms with van der Waals surface area (Å²) < 4.78 is 50.5. The van der Waals surface area contributed by atoms with E-state index in [1.165, 1.54) is 6.92 Å². The fourth-order valence-electron chi connectivity index (χ4n) is 0.582. The highest BCUT2D eigenvalue weighted by Gasteiger charge is 2.21. The number of hydrogen-bond donors (Lipinski definition) is 0. The first-order valence-electron chi connectivity index (χ1n) is 3.93. The molecule has 0 saturated carbocycles. The second-order valence-electron chi connectivity index (χ2n) is 2.86. The highest BCUT2D eigenvalue weighted by atomic mass is 32.2. The fraction of sp³-hybridized carbons (Fsp3) is 1.00. The van der Waals surface area contributed by atoms with Crippen LogP contribution < -0.4 is 0 Å². The van der Waals surface area contributed by atoms with E-state index in [9.17, 15) is 17.2 Å². The summed E-state index contributed by atoms with van der Waals surface area (Å²) in [6.45, 7) is 1.33. The third kappa shape index (κ3) is 8.11. The van der Waals surface area contributed by atoms with Gasteiger partial charge in [0.2, 0.25) is 0 Å². The molecule has 0 aliphatic carbocycles. The van der Waals surface area contributed by atoms with Gasteiger partial charge in [-0.25, -0.2) is 17.2 Å². The van der Waals surface area contributed by atoms with Crippen molar-refractivity contribution in [3.8, 4) is 0 Å². The van der Waals surface area contributed by atoms with Gasteiger partial charge in [0, 0.05) is 12.7 Å². The van der Waals surface area contributed by atoms with Crippen LogP contribution in [0.4, 0.5) is 8.78 Å². The monoisotopic (exact) mass is 216 g/mol. The molecule has 0 aromatic rings. The summed E-state index contributed by atoms with van der Waals surface area (Å²) in [6.07, 6.45) is 0. The molecule has 0 aliphatic rings. The number of alkyl halides is 2. The average molecular weight is 216 g/mol. The molecule has 80 valence electrons. The first-order chi connectivity index (χ1) is 5.77. The molecule has 3 nitrogen and oxygen atoms in total. The lowest BCUT2D eigenvalue weighted by molar-refractivity contribution is -0.0590. The van der Waals surface area contributed by atoms with E-state index in [2.05, 4.69) is 4.74 Å². The Kier molecular flexibility index (Phi) is 4.77. The molecule has 0 unspecified atom stereocenters. The molecule has 0 fully saturated rings. The van der Waals surface area contributed by atoms with Gasteiger partial charge in [0.1, 0.15) is 6.61 Å². The van der Waals surface area contributed by atoms with Crippen LogP contribution in [0.25, 0.3) is 0 Å². The SMILES string of the molecule is CCS(=O)(=O)CCOCC(C)(F)F. The fourth-order valence-corrected chi connectivity index (χ4v) is 1.24. The molecule has 0 radical (unpaired) electrons. The normalized spacial score (nSPS) is 13.2. The van der Waals surface area contributed by atoms with Crippen molar-refractivity contribution in [1.29, 1.82) is 0 Å². The molecule has 0 aromatic heterocycles. The Hall–Kier alpha value is -0.230. The number of hydrogen-bond acceptors (Lipinski definition) is 3. The molecular weight excluding hydrogens is 202 g/mol. The van der Waals surface area contributed by atoms with Crippen molar-refractivity contribution in [1.82, 2.24) is 0 Å². The Balaban J connectivity index is 3.59. The van der Waals surface area contributed by atoms with Crippen LogP contribution in [0.3, 0.4) is 0 Å². The minimum Gasteiger partial charge on any atom is -0.374 e. The molecule has 0 heterocycles. The van der Waals surface area contributed by atoms with E-state index in [1.807, 2.05) is 0 Å². The van der Waals surface area contributed by atoms with E-state index in [-0.39, 0.29) is 18.1 Å². The lowest BCUT2D eigenvalue weighted by Crippen LogP contribution is -2.22. The van der Waals surface area contributed by atoms with Crippen molar-refractivity contribution < 1.29 is 21.9 Å². The molecular formula is C7H14F2O3S. The number of halogens is 2. The maximum Gasteiger partial charge on any atom is 0.268 e. The van der Waals surface area contributed by atoms with E-state index in [0.29, 0.717) is 0 Å². The maximum absolute atomic E-state index is 12.1. The molecule has 0 atom stereocenters. The highest BCUT2D eigenvalue weighted by molar-refractivity contribution is 7.91. The van der Waals surface area contributed by atoms with Crippen molar-refractivity contribution >= 4 is 9.84 Å². The molecule has 0 N–H and O–H groups in total. The summed E-state index contributed by atoms with van der Waals surface area (Å²) >= 11 is 0. The van der Waals surface area contributed by atoms with Crippen molar-refractivity contribution in [3.63, 3.8) is 0 Å². The first-order valence-corrected chi connectivity index (χ1v) is 5.75. The Bertz CT molecular complexity index is 231. The molecule has 0 aliphatic heterocycles. The van der Waals surface area contributed by atoms with E-state index < -0.39 is 22.4 Å². The Morgan fingerprint density at radius 3 is 2.31 bits per heavy atom. The van der Waals surface area contributed by atoms with Gasteiger partial charge in [0.15, 0.2) is 9.84 Å². The van der Waals surface area contributed by atoms with Gasteiger partial charge >= 0.3 is 0 Å². The Labute approximate surface area is 77.0 Å². The minimum absolute atomic E-state index is 0.0128. The van der Waals surface area contributed by atoms with Crippen molar-refractivity contribution in [2.75, 3.05) is 24.7 Å². The van der Waals surface area contributed by atoms with E-state index in [0.717, 1.165) is 6.92 Å². The van der Waals surface area contributed by atoms with Gasteiger partial charge in [-0.05, 0) is 0 Å². The predicted octanol–water partition coefficient (Wildman–Crippen LogP) is 1.09. The number of ether oxygens (including phenoxy) is 1. The summed E-state index contributed by atoms with van der Waals surface area (Å²) in [5.74, 6) is -3.07. The van der Waals surface area contributed by atoms with Gasteiger partial charge in [-0.15, -0.1) is 0 Å². The van der Waals surface area contributed by atoms with Crippen LogP contribution >= 0.6 is 0 Å². The van der Waals surface area contributed by atoms with Gasteiger partial charge in [0.25, 0.3) is 5.92 Å². The van der Waals surface area contributed by atoms with Crippen LogP contribution in [0.1, 0.15) is 13.8 Å². The van der Waals surface area contributed by atoms with E-state index >= 15 is 0 Å². The topological polar surface area (TPSA) is 43.4 Å². The molecule has 0 spiro atoms. The third-order valence-corrected chi connectivity index (χ3v) is 3.00. The molecule has 0 bridgehead atoms. The van der Waals surface area contributed by atoms with Gasteiger partial charge in [0.05, 0.1) is 12.4 Å². The summed E-state index contributed by atoms with van der Waals surface area (Å²) in [4.78, 5) is 0. The summed E-state index contributed by atoms with van der Waals surface area (Å²) in [5, 5.41) is 0. The predicted molar refractivity (Wildman–Crippen MR) is 45.8 cm³/mol. The summed E-state index contributed by atoms with van der Waals surface area (Å²) in [5.41, 5.74) is 0. The summed E-state index contributed by atoms with van der Waals surface area (Å²) in [7, 11) is -3.11. The molecule has 0 rings (SSSR count). The first kappa shape index (κ1) is 12.8. The largest absolute Gasteiger partial charge is 0.374 e. The Morgan fingerprint density at radius 2 is 1.92 bits per heavy atom. The van der Waals surface area contributed by atoms with Crippen LogP contribution in [-0.4, -0.2) is 39.1 Å². The van der Waals surface area contributed by atoms with Crippen LogP contribution in [-0.2, 0) is 14.6 Å².